The zero-order valence-corrected chi connectivity index (χ0v) is 27.7. The van der Waals surface area contributed by atoms with Gasteiger partial charge >= 0.3 is 6.36 Å². The highest BCUT2D eigenvalue weighted by molar-refractivity contribution is 7.89. The predicted molar refractivity (Wildman–Crippen MR) is 171 cm³/mol. The Morgan fingerprint density at radius 1 is 0.958 bits per heavy atom. The van der Waals surface area contributed by atoms with Gasteiger partial charge in [-0.15, -0.1) is 13.2 Å². The van der Waals surface area contributed by atoms with E-state index >= 15 is 0 Å². The summed E-state index contributed by atoms with van der Waals surface area (Å²) < 4.78 is 89.8. The van der Waals surface area contributed by atoms with Crippen molar-refractivity contribution in [3.63, 3.8) is 0 Å². The fourth-order valence-electron chi connectivity index (χ4n) is 5.58. The van der Waals surface area contributed by atoms with Crippen LogP contribution in [-0.2, 0) is 43.2 Å². The maximum Gasteiger partial charge on any atom is 0.573 e. The first-order valence-electron chi connectivity index (χ1n) is 14.9. The van der Waals surface area contributed by atoms with Gasteiger partial charge in [0.2, 0.25) is 15.8 Å². The Labute approximate surface area is 285 Å². The van der Waals surface area contributed by atoms with Crippen LogP contribution in [0.3, 0.4) is 0 Å². The van der Waals surface area contributed by atoms with Crippen molar-refractivity contribution in [1.82, 2.24) is 13.9 Å². The number of anilines is 1. The minimum atomic E-state index is -4.92. The van der Waals surface area contributed by atoms with Crippen LogP contribution in [0.4, 0.5) is 18.9 Å². The second-order valence-corrected chi connectivity index (χ2v) is 14.0. The van der Waals surface area contributed by atoms with Crippen LogP contribution in [0.25, 0.3) is 0 Å². The molecule has 1 aromatic heterocycles. The molecule has 2 aliphatic rings. The first-order valence-corrected chi connectivity index (χ1v) is 17.1. The zero-order valence-electron chi connectivity index (χ0n) is 25.4. The number of sulfonamides is 1. The highest BCUT2D eigenvalue weighted by atomic mass is 35.5. The van der Waals surface area contributed by atoms with Crippen LogP contribution in [0.15, 0.2) is 90.3 Å². The van der Waals surface area contributed by atoms with Crippen LogP contribution in [0.1, 0.15) is 11.1 Å². The summed E-state index contributed by atoms with van der Waals surface area (Å²) in [4.78, 5) is 5.90. The molecular formula is C32H31Cl2F3N4O6S. The van der Waals surface area contributed by atoms with Gasteiger partial charge in [-0.1, -0.05) is 47.5 Å². The van der Waals surface area contributed by atoms with E-state index < -0.39 is 27.9 Å². The summed E-state index contributed by atoms with van der Waals surface area (Å²) in [6.45, 7) is 2.32. The van der Waals surface area contributed by atoms with Crippen LogP contribution < -0.4 is 9.64 Å². The number of nitrogens with zero attached hydrogens (tertiary/aromatic N) is 4. The number of halogens is 5. The molecule has 10 nitrogen and oxygen atoms in total. The SMILES string of the molecule is O=S(=O)(c1cccc(OC(F)(F)F)c1)N1CCN(c2ccc(COC3COC(Cn4ccnc4)(c4ccc(Cl)cc4Cl)OC3)cc2)CC1. The van der Waals surface area contributed by atoms with E-state index in [1.54, 1.807) is 30.7 Å². The molecule has 0 saturated carbocycles. The fraction of sp³-hybridized carbons (Fsp3) is 0.344. The number of alkyl halides is 3. The number of hydrogen-bond acceptors (Lipinski definition) is 8. The van der Waals surface area contributed by atoms with Gasteiger partial charge in [-0.25, -0.2) is 13.4 Å². The molecule has 6 rings (SSSR count). The summed E-state index contributed by atoms with van der Waals surface area (Å²) in [5, 5.41) is 0.928. The first kappa shape index (κ1) is 34.5. The summed E-state index contributed by atoms with van der Waals surface area (Å²) in [6.07, 6.45) is -0.0934. The van der Waals surface area contributed by atoms with Crippen LogP contribution in [0.5, 0.6) is 5.75 Å². The minimum Gasteiger partial charge on any atom is -0.406 e. The number of ether oxygens (including phenoxy) is 4. The average molecular weight is 728 g/mol. The second-order valence-electron chi connectivity index (χ2n) is 11.2. The molecule has 2 fully saturated rings. The predicted octanol–water partition coefficient (Wildman–Crippen LogP) is 6.08. The Balaban J connectivity index is 1.01. The Morgan fingerprint density at radius 3 is 2.33 bits per heavy atom. The molecule has 2 aliphatic heterocycles. The molecule has 0 amide bonds. The third-order valence-corrected chi connectivity index (χ3v) is 10.4. The van der Waals surface area contributed by atoms with Crippen molar-refractivity contribution in [2.45, 2.75) is 36.3 Å². The number of rotatable bonds is 10. The summed E-state index contributed by atoms with van der Waals surface area (Å²) in [7, 11) is -4.00. The fourth-order valence-corrected chi connectivity index (χ4v) is 7.59. The van der Waals surface area contributed by atoms with E-state index in [1.807, 2.05) is 39.9 Å². The topological polar surface area (TPSA) is 95.4 Å². The van der Waals surface area contributed by atoms with Gasteiger partial charge in [-0.05, 0) is 42.0 Å². The normalized spacial score (nSPS) is 20.9. The molecule has 3 heterocycles. The molecule has 0 aliphatic carbocycles. The Bertz CT molecular complexity index is 1800. The van der Waals surface area contributed by atoms with Gasteiger partial charge in [-0.3, -0.25) is 0 Å². The van der Waals surface area contributed by atoms with E-state index in [2.05, 4.69) is 9.72 Å². The standard InChI is InChI=1S/C32H31Cl2F3N4O6S/c33-24-6-9-29(30(34)16-24)31(21-39-11-10-38-22-39)45-19-27(20-46-31)44-18-23-4-7-25(8-5-23)40-12-14-41(15-13-40)48(42,43)28-3-1-2-26(17-28)47-32(35,36)37/h1-11,16-17,22,27H,12-15,18-21H2. The van der Waals surface area contributed by atoms with Crippen molar-refractivity contribution < 1.29 is 40.5 Å². The molecule has 3 aromatic carbocycles. The second kappa shape index (κ2) is 14.2. The Hall–Kier alpha value is -3.37. The van der Waals surface area contributed by atoms with E-state index in [4.69, 9.17) is 37.4 Å². The van der Waals surface area contributed by atoms with Gasteiger partial charge in [-0.2, -0.15) is 4.31 Å². The molecule has 0 bridgehead atoms. The van der Waals surface area contributed by atoms with Crippen molar-refractivity contribution >= 4 is 38.9 Å². The summed E-state index contributed by atoms with van der Waals surface area (Å²) >= 11 is 12.7. The van der Waals surface area contributed by atoms with Gasteiger partial charge in [0.1, 0.15) is 11.9 Å². The third kappa shape index (κ3) is 8.08. The van der Waals surface area contributed by atoms with Gasteiger partial charge in [0.05, 0.1) is 42.6 Å². The van der Waals surface area contributed by atoms with Gasteiger partial charge in [0.15, 0.2) is 0 Å². The monoisotopic (exact) mass is 726 g/mol. The largest absolute Gasteiger partial charge is 0.573 e. The minimum absolute atomic E-state index is 0.169. The zero-order chi connectivity index (χ0) is 33.9. The molecule has 2 saturated heterocycles. The number of benzene rings is 3. The van der Waals surface area contributed by atoms with Crippen molar-refractivity contribution in [3.8, 4) is 5.75 Å². The molecule has 4 aromatic rings. The molecule has 0 atom stereocenters. The van der Waals surface area contributed by atoms with Crippen LogP contribution in [-0.4, -0.2) is 74.1 Å². The summed E-state index contributed by atoms with van der Waals surface area (Å²) in [6, 6.07) is 17.3. The van der Waals surface area contributed by atoms with E-state index in [9.17, 15) is 21.6 Å². The maximum absolute atomic E-state index is 13.1. The van der Waals surface area contributed by atoms with Crippen LogP contribution >= 0.6 is 23.2 Å². The van der Waals surface area contributed by atoms with Crippen molar-refractivity contribution in [2.75, 3.05) is 44.3 Å². The van der Waals surface area contributed by atoms with Crippen LogP contribution in [0, 0.1) is 0 Å². The highest BCUT2D eigenvalue weighted by Crippen LogP contribution is 2.38. The summed E-state index contributed by atoms with van der Waals surface area (Å²) in [5.74, 6) is -1.74. The molecule has 0 radical (unpaired) electrons. The molecule has 0 spiro atoms. The lowest BCUT2D eigenvalue weighted by atomic mass is 10.0. The number of hydrogen-bond donors (Lipinski definition) is 0. The van der Waals surface area contributed by atoms with Crippen molar-refractivity contribution in [3.05, 3.63) is 107 Å². The first-order chi connectivity index (χ1) is 22.9. The van der Waals surface area contributed by atoms with E-state index in [1.165, 1.54) is 16.4 Å². The average Bonchev–Trinajstić information content (AvgIpc) is 3.57. The molecule has 48 heavy (non-hydrogen) atoms. The van der Waals surface area contributed by atoms with Gasteiger partial charge < -0.3 is 28.4 Å². The lowest BCUT2D eigenvalue weighted by Gasteiger charge is -2.41. The Kier molecular flexibility index (Phi) is 10.2. The quantitative estimate of drug-likeness (QED) is 0.194. The lowest BCUT2D eigenvalue weighted by molar-refractivity contribution is -0.313. The van der Waals surface area contributed by atoms with Gasteiger partial charge in [0.25, 0.3) is 0 Å². The molecule has 0 N–H and O–H groups in total. The molecule has 0 unspecified atom stereocenters. The lowest BCUT2D eigenvalue weighted by Crippen LogP contribution is -2.48. The third-order valence-electron chi connectivity index (χ3n) is 8.00. The maximum atomic E-state index is 13.1. The number of aromatic nitrogens is 2. The van der Waals surface area contributed by atoms with Crippen LogP contribution in [0.2, 0.25) is 10.0 Å². The highest BCUT2D eigenvalue weighted by Gasteiger charge is 2.42. The smallest absolute Gasteiger partial charge is 0.406 e. The van der Waals surface area contributed by atoms with E-state index in [-0.39, 0.29) is 37.3 Å². The van der Waals surface area contributed by atoms with Crippen molar-refractivity contribution in [2.24, 2.45) is 0 Å². The van der Waals surface area contributed by atoms with E-state index in [0.29, 0.717) is 41.8 Å². The molecule has 256 valence electrons. The molecule has 16 heteroatoms. The van der Waals surface area contributed by atoms with Gasteiger partial charge in [0, 0.05) is 60.9 Å². The Morgan fingerprint density at radius 2 is 1.69 bits per heavy atom. The number of piperazine rings is 1. The van der Waals surface area contributed by atoms with E-state index in [0.717, 1.165) is 23.4 Å². The van der Waals surface area contributed by atoms with Crippen molar-refractivity contribution in [1.29, 1.82) is 0 Å². The molecular weight excluding hydrogens is 696 g/mol. The number of imidazole rings is 1. The summed E-state index contributed by atoms with van der Waals surface area (Å²) in [5.41, 5.74) is 2.49.